The molecule has 0 fully saturated rings. The van der Waals surface area contributed by atoms with Crippen molar-refractivity contribution < 1.29 is 9.59 Å². The van der Waals surface area contributed by atoms with Gasteiger partial charge in [-0.1, -0.05) is 48.0 Å². The van der Waals surface area contributed by atoms with Crippen LogP contribution in [0.4, 0.5) is 0 Å². The van der Waals surface area contributed by atoms with Crippen molar-refractivity contribution in [3.63, 3.8) is 0 Å². The predicted octanol–water partition coefficient (Wildman–Crippen LogP) is 2.08. The molecule has 4 heteroatoms. The van der Waals surface area contributed by atoms with Crippen LogP contribution in [-0.2, 0) is 11.2 Å². The summed E-state index contributed by atoms with van der Waals surface area (Å²) in [4.78, 5) is 24.3. The van der Waals surface area contributed by atoms with Crippen LogP contribution in [0.5, 0.6) is 0 Å². The maximum atomic E-state index is 12.3. The van der Waals surface area contributed by atoms with E-state index in [0.717, 1.165) is 11.1 Å². The molecule has 0 bridgehead atoms. The Labute approximate surface area is 130 Å². The maximum absolute atomic E-state index is 12.3. The van der Waals surface area contributed by atoms with E-state index in [4.69, 9.17) is 0 Å². The first kappa shape index (κ1) is 15.8. The molecule has 0 saturated heterocycles. The fourth-order valence-corrected chi connectivity index (χ4v) is 2.18. The van der Waals surface area contributed by atoms with Crippen molar-refractivity contribution in [2.24, 2.45) is 0 Å². The fraction of sp³-hybridized carbons (Fsp3) is 0.222. The van der Waals surface area contributed by atoms with Gasteiger partial charge in [-0.15, -0.1) is 0 Å². The fourth-order valence-electron chi connectivity index (χ4n) is 2.18. The summed E-state index contributed by atoms with van der Waals surface area (Å²) in [6, 6.07) is 16.3. The van der Waals surface area contributed by atoms with Gasteiger partial charge in [0.15, 0.2) is 0 Å². The van der Waals surface area contributed by atoms with Crippen LogP contribution >= 0.6 is 0 Å². The zero-order valence-corrected chi connectivity index (χ0v) is 12.8. The van der Waals surface area contributed by atoms with Gasteiger partial charge in [-0.25, -0.2) is 0 Å². The lowest BCUT2D eigenvalue weighted by atomic mass is 10.0. The summed E-state index contributed by atoms with van der Waals surface area (Å²) in [7, 11) is 1.57. The molecule has 4 nitrogen and oxygen atoms in total. The quantitative estimate of drug-likeness (QED) is 0.887. The molecule has 114 valence electrons. The van der Waals surface area contributed by atoms with Gasteiger partial charge in [0.05, 0.1) is 0 Å². The third kappa shape index (κ3) is 4.19. The minimum absolute atomic E-state index is 0.204. The van der Waals surface area contributed by atoms with E-state index in [1.165, 1.54) is 0 Å². The minimum atomic E-state index is -0.596. The molecule has 2 amide bonds. The lowest BCUT2D eigenvalue weighted by Crippen LogP contribution is -2.47. The molecular formula is C18H20N2O2. The van der Waals surface area contributed by atoms with Crippen LogP contribution in [0.25, 0.3) is 0 Å². The van der Waals surface area contributed by atoms with E-state index in [9.17, 15) is 9.59 Å². The van der Waals surface area contributed by atoms with Crippen molar-refractivity contribution in [1.29, 1.82) is 0 Å². The molecule has 0 radical (unpaired) electrons. The number of hydrogen-bond donors (Lipinski definition) is 2. The molecular weight excluding hydrogens is 276 g/mol. The molecule has 0 saturated carbocycles. The van der Waals surface area contributed by atoms with E-state index in [2.05, 4.69) is 10.6 Å². The standard InChI is InChI=1S/C18H20N2O2/c1-13-8-10-15(11-9-13)17(21)20-16(18(22)19-2)12-14-6-4-3-5-7-14/h3-11,16H,12H2,1-2H3,(H,19,22)(H,20,21). The van der Waals surface area contributed by atoms with E-state index in [1.54, 1.807) is 19.2 Å². The second-order valence-corrected chi connectivity index (χ2v) is 5.20. The highest BCUT2D eigenvalue weighted by Crippen LogP contribution is 2.07. The highest BCUT2D eigenvalue weighted by atomic mass is 16.2. The van der Waals surface area contributed by atoms with Gasteiger partial charge in [0.25, 0.3) is 5.91 Å². The topological polar surface area (TPSA) is 58.2 Å². The first-order chi connectivity index (χ1) is 10.6. The van der Waals surface area contributed by atoms with Gasteiger partial charge in [-0.2, -0.15) is 0 Å². The Morgan fingerprint density at radius 3 is 2.23 bits per heavy atom. The molecule has 0 heterocycles. The van der Waals surface area contributed by atoms with Gasteiger partial charge in [0.1, 0.15) is 6.04 Å². The number of likely N-dealkylation sites (N-methyl/N-ethyl adjacent to an activating group) is 1. The summed E-state index contributed by atoms with van der Waals surface area (Å²) < 4.78 is 0. The summed E-state index contributed by atoms with van der Waals surface area (Å²) in [5.41, 5.74) is 2.64. The number of nitrogens with one attached hydrogen (secondary N) is 2. The molecule has 22 heavy (non-hydrogen) atoms. The van der Waals surface area contributed by atoms with Crippen LogP contribution in [0, 0.1) is 6.92 Å². The van der Waals surface area contributed by atoms with Crippen LogP contribution in [0.15, 0.2) is 54.6 Å². The van der Waals surface area contributed by atoms with Gasteiger partial charge in [-0.3, -0.25) is 9.59 Å². The Kier molecular flexibility index (Phi) is 5.31. The molecule has 2 N–H and O–H groups in total. The van der Waals surface area contributed by atoms with Crippen molar-refractivity contribution in [3.05, 3.63) is 71.3 Å². The lowest BCUT2D eigenvalue weighted by molar-refractivity contribution is -0.122. The molecule has 0 spiro atoms. The first-order valence-corrected chi connectivity index (χ1v) is 7.23. The normalized spacial score (nSPS) is 11.5. The van der Waals surface area contributed by atoms with Gasteiger partial charge >= 0.3 is 0 Å². The number of benzene rings is 2. The summed E-state index contributed by atoms with van der Waals surface area (Å²) in [5, 5.41) is 5.40. The Hall–Kier alpha value is -2.62. The lowest BCUT2D eigenvalue weighted by Gasteiger charge is -2.17. The summed E-state index contributed by atoms with van der Waals surface area (Å²) in [5.74, 6) is -0.450. The average molecular weight is 296 g/mol. The molecule has 0 aliphatic heterocycles. The second kappa shape index (κ2) is 7.41. The number of rotatable bonds is 5. The zero-order chi connectivity index (χ0) is 15.9. The van der Waals surface area contributed by atoms with Gasteiger partial charge in [0, 0.05) is 19.0 Å². The van der Waals surface area contributed by atoms with Crippen LogP contribution < -0.4 is 10.6 Å². The zero-order valence-electron chi connectivity index (χ0n) is 12.8. The minimum Gasteiger partial charge on any atom is -0.357 e. The van der Waals surface area contributed by atoms with Crippen molar-refractivity contribution in [2.75, 3.05) is 7.05 Å². The molecule has 1 unspecified atom stereocenters. The number of hydrogen-bond acceptors (Lipinski definition) is 2. The van der Waals surface area contributed by atoms with E-state index in [0.29, 0.717) is 12.0 Å². The number of carbonyl (C=O) groups is 2. The maximum Gasteiger partial charge on any atom is 0.251 e. The Morgan fingerprint density at radius 2 is 1.64 bits per heavy atom. The van der Waals surface area contributed by atoms with E-state index in [1.807, 2.05) is 49.4 Å². The van der Waals surface area contributed by atoms with Crippen LogP contribution in [0.3, 0.4) is 0 Å². The van der Waals surface area contributed by atoms with Crippen LogP contribution in [0.2, 0.25) is 0 Å². The van der Waals surface area contributed by atoms with E-state index in [-0.39, 0.29) is 11.8 Å². The van der Waals surface area contributed by atoms with Crippen LogP contribution in [-0.4, -0.2) is 24.9 Å². The van der Waals surface area contributed by atoms with Crippen LogP contribution in [0.1, 0.15) is 21.5 Å². The molecule has 0 aromatic heterocycles. The largest absolute Gasteiger partial charge is 0.357 e. The van der Waals surface area contributed by atoms with E-state index >= 15 is 0 Å². The molecule has 2 aromatic carbocycles. The second-order valence-electron chi connectivity index (χ2n) is 5.20. The molecule has 0 aliphatic carbocycles. The third-order valence-corrected chi connectivity index (χ3v) is 3.46. The molecule has 1 atom stereocenters. The monoisotopic (exact) mass is 296 g/mol. The number of carbonyl (C=O) groups excluding carboxylic acids is 2. The molecule has 0 aliphatic rings. The Bertz CT molecular complexity index is 636. The smallest absolute Gasteiger partial charge is 0.251 e. The summed E-state index contributed by atoms with van der Waals surface area (Å²) in [6.45, 7) is 1.96. The highest BCUT2D eigenvalue weighted by Gasteiger charge is 2.20. The SMILES string of the molecule is CNC(=O)C(Cc1ccccc1)NC(=O)c1ccc(C)cc1. The van der Waals surface area contributed by atoms with Crippen molar-refractivity contribution in [2.45, 2.75) is 19.4 Å². The molecule has 2 rings (SSSR count). The third-order valence-electron chi connectivity index (χ3n) is 3.46. The molecule has 2 aromatic rings. The van der Waals surface area contributed by atoms with Crippen molar-refractivity contribution >= 4 is 11.8 Å². The highest BCUT2D eigenvalue weighted by molar-refractivity contribution is 5.97. The summed E-state index contributed by atoms with van der Waals surface area (Å²) in [6.07, 6.45) is 0.456. The Balaban J connectivity index is 2.11. The summed E-state index contributed by atoms with van der Waals surface area (Å²) >= 11 is 0. The number of amides is 2. The number of aryl methyl sites for hydroxylation is 1. The van der Waals surface area contributed by atoms with Crippen molar-refractivity contribution in [1.82, 2.24) is 10.6 Å². The van der Waals surface area contributed by atoms with Gasteiger partial charge in [-0.05, 0) is 24.6 Å². The van der Waals surface area contributed by atoms with Gasteiger partial charge in [0.2, 0.25) is 5.91 Å². The average Bonchev–Trinajstić information content (AvgIpc) is 2.55. The van der Waals surface area contributed by atoms with Crippen molar-refractivity contribution in [3.8, 4) is 0 Å². The van der Waals surface area contributed by atoms with E-state index < -0.39 is 6.04 Å². The Morgan fingerprint density at radius 1 is 1.00 bits per heavy atom. The van der Waals surface area contributed by atoms with Gasteiger partial charge < -0.3 is 10.6 Å². The predicted molar refractivity (Wildman–Crippen MR) is 86.6 cm³/mol. The first-order valence-electron chi connectivity index (χ1n) is 7.23.